The lowest BCUT2D eigenvalue weighted by Crippen LogP contribution is -2.12. The lowest BCUT2D eigenvalue weighted by molar-refractivity contribution is -0.0882. The number of fused-ring (bicyclic) bond motifs is 1. The van der Waals surface area contributed by atoms with Crippen molar-refractivity contribution in [3.05, 3.63) is 76.3 Å². The molecule has 2 aliphatic rings. The molecule has 140 valence electrons. The number of nitrogen functional groups attached to an aromatic ring is 1. The topological polar surface area (TPSA) is 50.7 Å². The lowest BCUT2D eigenvalue weighted by Gasteiger charge is -2.12. The van der Waals surface area contributed by atoms with Crippen molar-refractivity contribution in [1.29, 1.82) is 0 Å². The fourth-order valence-corrected chi connectivity index (χ4v) is 3.97. The average molecular weight is 407 g/mol. The van der Waals surface area contributed by atoms with Crippen molar-refractivity contribution in [3.63, 3.8) is 0 Å². The number of nitrogens with zero attached hydrogens (tertiary/aromatic N) is 2. The van der Waals surface area contributed by atoms with Crippen LogP contribution < -0.4 is 5.73 Å². The lowest BCUT2D eigenvalue weighted by atomic mass is 10.1. The van der Waals surface area contributed by atoms with E-state index in [0.717, 1.165) is 17.0 Å². The fourth-order valence-electron chi connectivity index (χ4n) is 2.39. The maximum absolute atomic E-state index is 13.3. The maximum Gasteiger partial charge on any atom is 0.416 e. The van der Waals surface area contributed by atoms with Crippen LogP contribution in [0, 0.1) is 5.92 Å². The summed E-state index contributed by atoms with van der Waals surface area (Å²) in [5.41, 5.74) is 6.52. The van der Waals surface area contributed by atoms with Crippen molar-refractivity contribution in [2.75, 3.05) is 11.5 Å². The van der Waals surface area contributed by atoms with Gasteiger partial charge in [0.15, 0.2) is 0 Å². The van der Waals surface area contributed by atoms with Gasteiger partial charge in [-0.3, -0.25) is 9.98 Å². The number of alkyl halides is 3. The van der Waals surface area contributed by atoms with Gasteiger partial charge in [0.25, 0.3) is 0 Å². The van der Waals surface area contributed by atoms with Gasteiger partial charge >= 0.3 is 6.18 Å². The number of nitrogens with two attached hydrogens (primary N) is 1. The molecule has 0 amide bonds. The van der Waals surface area contributed by atoms with E-state index in [1.54, 1.807) is 24.4 Å². The predicted molar refractivity (Wildman–Crippen MR) is 109 cm³/mol. The van der Waals surface area contributed by atoms with Crippen molar-refractivity contribution in [2.24, 2.45) is 15.9 Å². The number of allylic oxidation sites excluding steroid dienone is 6. The quantitative estimate of drug-likeness (QED) is 0.666. The van der Waals surface area contributed by atoms with Gasteiger partial charge < -0.3 is 5.73 Å². The van der Waals surface area contributed by atoms with Crippen molar-refractivity contribution in [2.45, 2.75) is 6.18 Å². The minimum absolute atomic E-state index is 0.272. The SMILES string of the molecule is C=C1/C=C\SCC(c2ccc(N)s2)=NC2=CC(C(F)(F)F)=CC=CC2C=N1. The normalized spacial score (nSPS) is 22.1. The zero-order valence-electron chi connectivity index (χ0n) is 14.1. The highest BCUT2D eigenvalue weighted by Gasteiger charge is 2.33. The highest BCUT2D eigenvalue weighted by molar-refractivity contribution is 8.02. The van der Waals surface area contributed by atoms with E-state index >= 15 is 0 Å². The summed E-state index contributed by atoms with van der Waals surface area (Å²) < 4.78 is 39.9. The fraction of sp³-hybridized carbons (Fsp3) is 0.158. The van der Waals surface area contributed by atoms with Crippen LogP contribution >= 0.6 is 23.1 Å². The van der Waals surface area contributed by atoms with Crippen LogP contribution in [-0.4, -0.2) is 23.9 Å². The third-order valence-corrected chi connectivity index (χ3v) is 5.45. The summed E-state index contributed by atoms with van der Waals surface area (Å²) in [6, 6.07) is 3.59. The first-order valence-corrected chi connectivity index (χ1v) is 9.81. The van der Waals surface area contributed by atoms with Crippen LogP contribution in [0.4, 0.5) is 18.2 Å². The van der Waals surface area contributed by atoms with Gasteiger partial charge in [0.2, 0.25) is 0 Å². The van der Waals surface area contributed by atoms with E-state index in [2.05, 4.69) is 16.6 Å². The summed E-state index contributed by atoms with van der Waals surface area (Å²) in [5, 5.41) is 2.47. The molecule has 1 atom stereocenters. The Morgan fingerprint density at radius 3 is 2.78 bits per heavy atom. The summed E-state index contributed by atoms with van der Waals surface area (Å²) in [5.74, 6) is -0.00980. The van der Waals surface area contributed by atoms with Gasteiger partial charge in [-0.2, -0.15) is 13.2 Å². The first-order valence-electron chi connectivity index (χ1n) is 7.95. The molecule has 1 aliphatic carbocycles. The second-order valence-electron chi connectivity index (χ2n) is 5.74. The summed E-state index contributed by atoms with van der Waals surface area (Å²) in [6.45, 7) is 3.83. The van der Waals surface area contributed by atoms with E-state index in [-0.39, 0.29) is 5.70 Å². The zero-order chi connectivity index (χ0) is 19.4. The molecule has 27 heavy (non-hydrogen) atoms. The third kappa shape index (κ3) is 5.11. The molecule has 3 rings (SSSR count). The monoisotopic (exact) mass is 407 g/mol. The zero-order valence-corrected chi connectivity index (χ0v) is 15.7. The molecule has 0 saturated carbocycles. The third-order valence-electron chi connectivity index (χ3n) is 3.72. The van der Waals surface area contributed by atoms with Crippen LogP contribution in [-0.2, 0) is 0 Å². The van der Waals surface area contributed by atoms with Crippen LogP contribution in [0.2, 0.25) is 0 Å². The van der Waals surface area contributed by atoms with Crippen LogP contribution in [0.1, 0.15) is 4.88 Å². The van der Waals surface area contributed by atoms with E-state index in [4.69, 9.17) is 5.73 Å². The van der Waals surface area contributed by atoms with Crippen molar-refractivity contribution in [3.8, 4) is 0 Å². The summed E-state index contributed by atoms with van der Waals surface area (Å²) in [4.78, 5) is 9.67. The van der Waals surface area contributed by atoms with Crippen LogP contribution in [0.3, 0.4) is 0 Å². The van der Waals surface area contributed by atoms with Crippen LogP contribution in [0.5, 0.6) is 0 Å². The first-order chi connectivity index (χ1) is 12.8. The first kappa shape index (κ1) is 19.4. The Morgan fingerprint density at radius 1 is 1.26 bits per heavy atom. The standard InChI is InChI=1S/C19H16F3N3S2/c1-12-7-8-26-11-16(17-5-6-18(23)27-17)25-15-9-14(19(20,21)22)4-2-3-13(15)10-24-12/h2-10,13H,1,11,23H2/b8-7-,24-10?,25-16?. The number of anilines is 1. The van der Waals surface area contributed by atoms with Gasteiger partial charge in [0.05, 0.1) is 38.5 Å². The molecule has 0 bridgehead atoms. The number of hydrogen-bond acceptors (Lipinski definition) is 5. The molecule has 1 aromatic heterocycles. The molecule has 0 radical (unpaired) electrons. The highest BCUT2D eigenvalue weighted by Crippen LogP contribution is 2.32. The molecule has 0 saturated heterocycles. The molecule has 0 spiro atoms. The predicted octanol–water partition coefficient (Wildman–Crippen LogP) is 5.52. The molecule has 3 nitrogen and oxygen atoms in total. The summed E-state index contributed by atoms with van der Waals surface area (Å²) in [6.07, 6.45) is 4.00. The molecule has 2 N–H and O–H groups in total. The van der Waals surface area contributed by atoms with E-state index in [0.29, 0.717) is 22.2 Å². The molecule has 0 aromatic carbocycles. The number of rotatable bonds is 1. The Bertz CT molecular complexity index is 915. The second-order valence-corrected chi connectivity index (χ2v) is 7.75. The van der Waals surface area contributed by atoms with Gasteiger partial charge in [-0.25, -0.2) is 0 Å². The van der Waals surface area contributed by atoms with E-state index in [1.165, 1.54) is 29.2 Å². The van der Waals surface area contributed by atoms with Gasteiger partial charge in [-0.1, -0.05) is 24.8 Å². The summed E-state index contributed by atoms with van der Waals surface area (Å²) >= 11 is 2.82. The smallest absolute Gasteiger partial charge is 0.391 e. The Hall–Kier alpha value is -2.32. The molecule has 1 aliphatic heterocycles. The highest BCUT2D eigenvalue weighted by atomic mass is 32.2. The molecule has 8 heteroatoms. The number of hydrogen-bond donors (Lipinski definition) is 1. The van der Waals surface area contributed by atoms with E-state index in [9.17, 15) is 13.2 Å². The van der Waals surface area contributed by atoms with Gasteiger partial charge in [0.1, 0.15) is 0 Å². The van der Waals surface area contributed by atoms with Crippen molar-refractivity contribution in [1.82, 2.24) is 0 Å². The molecule has 1 aromatic rings. The van der Waals surface area contributed by atoms with Gasteiger partial charge in [-0.15, -0.1) is 23.1 Å². The molecule has 1 unspecified atom stereocenters. The number of thiophene rings is 1. The Balaban J connectivity index is 2.12. The Kier molecular flexibility index (Phi) is 5.86. The Labute approximate surface area is 163 Å². The minimum Gasteiger partial charge on any atom is -0.391 e. The maximum atomic E-state index is 13.3. The van der Waals surface area contributed by atoms with Gasteiger partial charge in [-0.05, 0) is 29.7 Å². The molecular formula is C19H16F3N3S2. The average Bonchev–Trinajstić information content (AvgIpc) is 2.90. The summed E-state index contributed by atoms with van der Waals surface area (Å²) in [7, 11) is 0. The molecule has 2 heterocycles. The van der Waals surface area contributed by atoms with Gasteiger partial charge in [0, 0.05) is 12.0 Å². The van der Waals surface area contributed by atoms with Crippen molar-refractivity contribution < 1.29 is 13.2 Å². The molecular weight excluding hydrogens is 391 g/mol. The number of halogens is 3. The van der Waals surface area contributed by atoms with E-state index < -0.39 is 17.7 Å². The van der Waals surface area contributed by atoms with Crippen LogP contribution in [0.15, 0.2) is 81.5 Å². The molecule has 0 fully saturated rings. The van der Waals surface area contributed by atoms with E-state index in [1.807, 2.05) is 11.5 Å². The largest absolute Gasteiger partial charge is 0.416 e. The Morgan fingerprint density at radius 2 is 2.07 bits per heavy atom. The second kappa shape index (κ2) is 8.14. The van der Waals surface area contributed by atoms with Crippen molar-refractivity contribution >= 4 is 40.0 Å². The minimum atomic E-state index is -4.46. The number of thioether (sulfide) groups is 1. The number of aliphatic imine (C=N–C) groups is 2. The van der Waals surface area contributed by atoms with Crippen LogP contribution in [0.25, 0.3) is 0 Å².